The minimum absolute atomic E-state index is 0.202. The van der Waals surface area contributed by atoms with Crippen LogP contribution in [0.25, 0.3) is 32.3 Å². The van der Waals surface area contributed by atoms with Crippen LogP contribution in [0, 0.1) is 0 Å². The SMILES string of the molecule is O=S(=O)(O)c1ccc2c(/N=N/c3cccc4ccccc34)ccc(/N=N/c3ccc(Nc4ccccc4)c4c(S(=O)(=O)O)cccc34)c2c1. The van der Waals surface area contributed by atoms with E-state index in [9.17, 15) is 25.9 Å². The van der Waals surface area contributed by atoms with Crippen molar-refractivity contribution in [3.05, 3.63) is 133 Å². The Labute approximate surface area is 280 Å². The summed E-state index contributed by atoms with van der Waals surface area (Å²) in [4.78, 5) is -0.663. The Bertz CT molecular complexity index is 2690. The van der Waals surface area contributed by atoms with Gasteiger partial charge < -0.3 is 5.32 Å². The van der Waals surface area contributed by atoms with Gasteiger partial charge in [0.25, 0.3) is 20.2 Å². The smallest absolute Gasteiger partial charge is 0.295 e. The molecule has 0 bridgehead atoms. The first kappa shape index (κ1) is 31.7. The van der Waals surface area contributed by atoms with E-state index < -0.39 is 20.2 Å². The van der Waals surface area contributed by atoms with Crippen LogP contribution >= 0.6 is 0 Å². The highest BCUT2D eigenvalue weighted by atomic mass is 32.2. The number of anilines is 2. The summed E-state index contributed by atoms with van der Waals surface area (Å²) < 4.78 is 68.9. The zero-order valence-corrected chi connectivity index (χ0v) is 27.0. The second-order valence-corrected chi connectivity index (χ2v) is 13.8. The topological polar surface area (TPSA) is 170 Å². The standard InChI is InChI=1S/C36H25N5O6S2/c42-48(43,44)25-16-17-27-29(22-25)33(19-18-31(27)39-38-30-14-6-9-23-8-4-5-12-26(23)30)41-40-32-20-21-34(37-24-10-2-1-3-11-24)36-28(32)13-7-15-35(36)49(45,46)47/h1-22,37H,(H,42,43,44)(H,45,46,47)/b39-38+,41-40+. The van der Waals surface area contributed by atoms with E-state index in [0.29, 0.717) is 38.9 Å². The third kappa shape index (κ3) is 6.51. The number of benzene rings is 7. The fourth-order valence-corrected chi connectivity index (χ4v) is 6.82. The second-order valence-electron chi connectivity index (χ2n) is 11.0. The molecule has 0 aliphatic heterocycles. The van der Waals surface area contributed by atoms with Crippen molar-refractivity contribution in [1.29, 1.82) is 0 Å². The van der Waals surface area contributed by atoms with Crippen LogP contribution in [0.4, 0.5) is 34.1 Å². The first-order chi connectivity index (χ1) is 23.6. The average molecular weight is 688 g/mol. The Morgan fingerprint density at radius 2 is 1.04 bits per heavy atom. The molecule has 0 unspecified atom stereocenters. The molecule has 7 aromatic rings. The van der Waals surface area contributed by atoms with Gasteiger partial charge >= 0.3 is 0 Å². The Morgan fingerprint density at radius 3 is 1.76 bits per heavy atom. The van der Waals surface area contributed by atoms with Crippen molar-refractivity contribution in [3.63, 3.8) is 0 Å². The fourth-order valence-electron chi connectivity index (χ4n) is 5.58. The molecule has 0 aliphatic carbocycles. The van der Waals surface area contributed by atoms with E-state index in [2.05, 4.69) is 25.8 Å². The highest BCUT2D eigenvalue weighted by molar-refractivity contribution is 7.86. The van der Waals surface area contributed by atoms with Crippen molar-refractivity contribution in [2.45, 2.75) is 9.79 Å². The Hall–Kier alpha value is -5.86. The Morgan fingerprint density at radius 1 is 0.469 bits per heavy atom. The van der Waals surface area contributed by atoms with E-state index in [0.717, 1.165) is 10.8 Å². The van der Waals surface area contributed by atoms with E-state index in [1.165, 1.54) is 30.3 Å². The zero-order valence-electron chi connectivity index (χ0n) is 25.3. The van der Waals surface area contributed by atoms with Crippen LogP contribution in [0.3, 0.4) is 0 Å². The van der Waals surface area contributed by atoms with Crippen molar-refractivity contribution < 1.29 is 25.9 Å². The molecule has 0 saturated heterocycles. The summed E-state index contributed by atoms with van der Waals surface area (Å²) in [6.45, 7) is 0. The summed E-state index contributed by atoms with van der Waals surface area (Å²) in [5, 5.41) is 24.3. The first-order valence-corrected chi connectivity index (χ1v) is 17.7. The van der Waals surface area contributed by atoms with Crippen LogP contribution in [0.15, 0.2) is 164 Å². The van der Waals surface area contributed by atoms with E-state index in [1.54, 1.807) is 30.3 Å². The number of rotatable bonds is 8. The summed E-state index contributed by atoms with van der Waals surface area (Å²) in [6, 6.07) is 37.6. The number of nitrogens with one attached hydrogen (secondary N) is 1. The van der Waals surface area contributed by atoms with Crippen LogP contribution < -0.4 is 5.32 Å². The van der Waals surface area contributed by atoms with Gasteiger partial charge in [0.1, 0.15) is 4.90 Å². The molecule has 49 heavy (non-hydrogen) atoms. The number of azo groups is 2. The van der Waals surface area contributed by atoms with Gasteiger partial charge in [0.15, 0.2) is 0 Å². The maximum Gasteiger partial charge on any atom is 0.295 e. The van der Waals surface area contributed by atoms with E-state index >= 15 is 0 Å². The predicted molar refractivity (Wildman–Crippen MR) is 190 cm³/mol. The molecule has 0 spiro atoms. The maximum atomic E-state index is 12.4. The molecule has 11 nitrogen and oxygen atoms in total. The van der Waals surface area contributed by atoms with Gasteiger partial charge in [-0.3, -0.25) is 9.11 Å². The molecule has 0 heterocycles. The first-order valence-electron chi connectivity index (χ1n) is 14.8. The van der Waals surface area contributed by atoms with Crippen molar-refractivity contribution in [2.24, 2.45) is 20.5 Å². The normalized spacial score (nSPS) is 12.4. The van der Waals surface area contributed by atoms with Gasteiger partial charge in [0.05, 0.1) is 27.6 Å². The van der Waals surface area contributed by atoms with Crippen LogP contribution in [-0.2, 0) is 20.2 Å². The van der Waals surface area contributed by atoms with Crippen molar-refractivity contribution in [1.82, 2.24) is 0 Å². The molecule has 0 aromatic heterocycles. The van der Waals surface area contributed by atoms with Gasteiger partial charge in [-0.2, -0.15) is 16.8 Å². The van der Waals surface area contributed by atoms with Gasteiger partial charge in [-0.1, -0.05) is 72.8 Å². The highest BCUT2D eigenvalue weighted by Gasteiger charge is 2.19. The van der Waals surface area contributed by atoms with E-state index in [4.69, 9.17) is 0 Å². The molecule has 0 amide bonds. The maximum absolute atomic E-state index is 12.4. The fraction of sp³-hybridized carbons (Fsp3) is 0. The lowest BCUT2D eigenvalue weighted by atomic mass is 10.1. The molecule has 7 rings (SSSR count). The van der Waals surface area contributed by atoms with Crippen molar-refractivity contribution in [2.75, 3.05) is 5.32 Å². The molecule has 7 aromatic carbocycles. The van der Waals surface area contributed by atoms with Gasteiger partial charge in [-0.05, 0) is 66.0 Å². The monoisotopic (exact) mass is 687 g/mol. The minimum Gasteiger partial charge on any atom is -0.355 e. The summed E-state index contributed by atoms with van der Waals surface area (Å²) in [5.41, 5.74) is 2.70. The molecule has 0 fully saturated rings. The van der Waals surface area contributed by atoms with E-state index in [1.807, 2.05) is 72.8 Å². The predicted octanol–water partition coefficient (Wildman–Crippen LogP) is 10.2. The largest absolute Gasteiger partial charge is 0.355 e. The lowest BCUT2D eigenvalue weighted by Gasteiger charge is -2.14. The second kappa shape index (κ2) is 12.6. The molecular formula is C36H25N5O6S2. The Balaban J connectivity index is 1.35. The molecular weight excluding hydrogens is 663 g/mol. The van der Waals surface area contributed by atoms with Crippen LogP contribution in [0.5, 0.6) is 0 Å². The lowest BCUT2D eigenvalue weighted by molar-refractivity contribution is 0.481. The van der Waals surface area contributed by atoms with Gasteiger partial charge in [-0.25, -0.2) is 0 Å². The zero-order chi connectivity index (χ0) is 34.2. The Kier molecular flexibility index (Phi) is 8.18. The number of para-hydroxylation sites is 1. The molecule has 242 valence electrons. The number of hydrogen-bond acceptors (Lipinski definition) is 9. The quantitative estimate of drug-likeness (QED) is 0.105. The van der Waals surface area contributed by atoms with E-state index in [-0.39, 0.29) is 26.6 Å². The van der Waals surface area contributed by atoms with Gasteiger partial charge in [0.2, 0.25) is 0 Å². The number of hydrogen-bond donors (Lipinski definition) is 3. The third-order valence-electron chi connectivity index (χ3n) is 7.85. The van der Waals surface area contributed by atoms with Crippen molar-refractivity contribution >= 4 is 86.7 Å². The van der Waals surface area contributed by atoms with Crippen LogP contribution in [0.2, 0.25) is 0 Å². The number of fused-ring (bicyclic) bond motifs is 3. The third-order valence-corrected chi connectivity index (χ3v) is 9.59. The summed E-state index contributed by atoms with van der Waals surface area (Å²) in [7, 11) is -9.19. The molecule has 0 saturated carbocycles. The van der Waals surface area contributed by atoms with Crippen LogP contribution in [0.1, 0.15) is 0 Å². The van der Waals surface area contributed by atoms with Crippen molar-refractivity contribution in [3.8, 4) is 0 Å². The molecule has 0 atom stereocenters. The number of nitrogens with zero attached hydrogens (tertiary/aromatic N) is 4. The minimum atomic E-state index is -4.63. The van der Waals surface area contributed by atoms with Gasteiger partial charge in [0, 0.05) is 38.3 Å². The molecule has 13 heteroatoms. The average Bonchev–Trinajstić information content (AvgIpc) is 3.09. The highest BCUT2D eigenvalue weighted by Crippen LogP contribution is 2.40. The van der Waals surface area contributed by atoms with Crippen LogP contribution in [-0.4, -0.2) is 25.9 Å². The molecule has 0 radical (unpaired) electrons. The molecule has 3 N–H and O–H groups in total. The van der Waals surface area contributed by atoms with Gasteiger partial charge in [-0.15, -0.1) is 20.5 Å². The molecule has 0 aliphatic rings. The lowest BCUT2D eigenvalue weighted by Crippen LogP contribution is -2.01. The summed E-state index contributed by atoms with van der Waals surface area (Å²) >= 11 is 0. The summed E-state index contributed by atoms with van der Waals surface area (Å²) in [5.74, 6) is 0. The summed E-state index contributed by atoms with van der Waals surface area (Å²) in [6.07, 6.45) is 0.